The van der Waals surface area contributed by atoms with Crippen LogP contribution in [-0.4, -0.2) is 47.8 Å². The highest BCUT2D eigenvalue weighted by molar-refractivity contribution is 4.92. The summed E-state index contributed by atoms with van der Waals surface area (Å²) in [5.41, 5.74) is 0.275. The number of nitrogens with zero attached hydrogens (tertiary/aromatic N) is 1. The SMILES string of the molecule is CC(C)(C)N[C@@H]1CCC(N2CCOC(C)(C)C2)C1. The molecule has 0 aromatic carbocycles. The second-order valence-electron chi connectivity index (χ2n) is 7.64. The summed E-state index contributed by atoms with van der Waals surface area (Å²) in [6.45, 7) is 14.3. The zero-order valence-corrected chi connectivity index (χ0v) is 12.8. The molecular weight excluding hydrogens is 224 g/mol. The van der Waals surface area contributed by atoms with E-state index in [9.17, 15) is 0 Å². The molecule has 0 amide bonds. The van der Waals surface area contributed by atoms with E-state index in [4.69, 9.17) is 4.74 Å². The Bertz CT molecular complexity index is 283. The number of hydrogen-bond donors (Lipinski definition) is 1. The van der Waals surface area contributed by atoms with Gasteiger partial charge in [0.05, 0.1) is 12.2 Å². The van der Waals surface area contributed by atoms with Gasteiger partial charge in [-0.1, -0.05) is 0 Å². The maximum absolute atomic E-state index is 5.81. The second kappa shape index (κ2) is 5.10. The maximum Gasteiger partial charge on any atom is 0.0753 e. The minimum atomic E-state index is 0.0355. The fraction of sp³-hybridized carbons (Fsp3) is 1.00. The molecule has 2 atom stereocenters. The van der Waals surface area contributed by atoms with Gasteiger partial charge >= 0.3 is 0 Å². The van der Waals surface area contributed by atoms with Crippen molar-refractivity contribution >= 4 is 0 Å². The monoisotopic (exact) mass is 254 g/mol. The average Bonchev–Trinajstić information content (AvgIpc) is 2.61. The Morgan fingerprint density at radius 2 is 1.94 bits per heavy atom. The van der Waals surface area contributed by atoms with E-state index in [0.717, 1.165) is 25.7 Å². The Kier molecular flexibility index (Phi) is 4.05. The van der Waals surface area contributed by atoms with Crippen LogP contribution in [0.25, 0.3) is 0 Å². The second-order valence-corrected chi connectivity index (χ2v) is 7.64. The normalized spacial score (nSPS) is 33.8. The minimum Gasteiger partial charge on any atom is -0.373 e. The highest BCUT2D eigenvalue weighted by Gasteiger charge is 2.35. The Morgan fingerprint density at radius 3 is 2.56 bits per heavy atom. The molecule has 106 valence electrons. The lowest BCUT2D eigenvalue weighted by atomic mass is 10.0. The highest BCUT2D eigenvalue weighted by atomic mass is 16.5. The molecule has 1 unspecified atom stereocenters. The van der Waals surface area contributed by atoms with Crippen molar-refractivity contribution in [1.29, 1.82) is 0 Å². The first-order chi connectivity index (χ1) is 8.25. The molecule has 1 saturated heterocycles. The predicted octanol–water partition coefficient (Wildman–Crippen LogP) is 2.41. The summed E-state index contributed by atoms with van der Waals surface area (Å²) in [6.07, 6.45) is 3.96. The van der Waals surface area contributed by atoms with Crippen molar-refractivity contribution < 1.29 is 4.74 Å². The molecule has 1 aliphatic heterocycles. The first kappa shape index (κ1) is 14.3. The molecule has 1 N–H and O–H groups in total. The summed E-state index contributed by atoms with van der Waals surface area (Å²) in [6, 6.07) is 1.45. The molecule has 0 bridgehead atoms. The Hall–Kier alpha value is -0.120. The zero-order chi connectivity index (χ0) is 13.4. The number of hydrogen-bond acceptors (Lipinski definition) is 3. The molecular formula is C15H30N2O. The molecule has 3 heteroatoms. The van der Waals surface area contributed by atoms with Gasteiger partial charge in [0.1, 0.15) is 0 Å². The minimum absolute atomic E-state index is 0.0355. The molecule has 2 aliphatic rings. The molecule has 0 aromatic rings. The van der Waals surface area contributed by atoms with Gasteiger partial charge in [-0.3, -0.25) is 4.90 Å². The van der Waals surface area contributed by atoms with Crippen LogP contribution in [0, 0.1) is 0 Å². The van der Waals surface area contributed by atoms with Gasteiger partial charge in [0.25, 0.3) is 0 Å². The largest absolute Gasteiger partial charge is 0.373 e. The molecule has 2 rings (SSSR count). The molecule has 0 spiro atoms. The van der Waals surface area contributed by atoms with E-state index in [1.807, 2.05) is 0 Å². The quantitative estimate of drug-likeness (QED) is 0.819. The van der Waals surface area contributed by atoms with Crippen LogP contribution >= 0.6 is 0 Å². The Morgan fingerprint density at radius 1 is 1.22 bits per heavy atom. The van der Waals surface area contributed by atoms with Crippen LogP contribution in [0.5, 0.6) is 0 Å². The van der Waals surface area contributed by atoms with Gasteiger partial charge in [-0.05, 0) is 53.9 Å². The van der Waals surface area contributed by atoms with Gasteiger partial charge in [0.2, 0.25) is 0 Å². The lowest BCUT2D eigenvalue weighted by Crippen LogP contribution is -2.52. The third kappa shape index (κ3) is 3.94. The van der Waals surface area contributed by atoms with E-state index < -0.39 is 0 Å². The van der Waals surface area contributed by atoms with Crippen LogP contribution in [0.3, 0.4) is 0 Å². The van der Waals surface area contributed by atoms with Crippen molar-refractivity contribution in [1.82, 2.24) is 10.2 Å². The summed E-state index contributed by atoms with van der Waals surface area (Å²) >= 11 is 0. The van der Waals surface area contributed by atoms with Crippen LogP contribution in [0.4, 0.5) is 0 Å². The van der Waals surface area contributed by atoms with Gasteiger partial charge in [-0.15, -0.1) is 0 Å². The molecule has 2 fully saturated rings. The number of morpholine rings is 1. The topological polar surface area (TPSA) is 24.5 Å². The van der Waals surface area contributed by atoms with Crippen molar-refractivity contribution in [2.24, 2.45) is 0 Å². The van der Waals surface area contributed by atoms with E-state index in [2.05, 4.69) is 44.8 Å². The van der Waals surface area contributed by atoms with Crippen LogP contribution < -0.4 is 5.32 Å². The predicted molar refractivity (Wildman–Crippen MR) is 75.9 cm³/mol. The van der Waals surface area contributed by atoms with Crippen LogP contribution in [0.2, 0.25) is 0 Å². The third-order valence-electron chi connectivity index (χ3n) is 4.01. The number of nitrogens with one attached hydrogen (secondary N) is 1. The van der Waals surface area contributed by atoms with Crippen LogP contribution in [0.15, 0.2) is 0 Å². The fourth-order valence-electron chi connectivity index (χ4n) is 3.40. The van der Waals surface area contributed by atoms with Crippen molar-refractivity contribution in [2.75, 3.05) is 19.7 Å². The summed E-state index contributed by atoms with van der Waals surface area (Å²) < 4.78 is 5.81. The molecule has 0 aromatic heterocycles. The first-order valence-electron chi connectivity index (χ1n) is 7.41. The van der Waals surface area contributed by atoms with Crippen molar-refractivity contribution in [3.63, 3.8) is 0 Å². The number of ether oxygens (including phenoxy) is 1. The summed E-state index contributed by atoms with van der Waals surface area (Å²) in [7, 11) is 0. The van der Waals surface area contributed by atoms with E-state index in [1.54, 1.807) is 0 Å². The lowest BCUT2D eigenvalue weighted by Gasteiger charge is -2.41. The van der Waals surface area contributed by atoms with Gasteiger partial charge < -0.3 is 10.1 Å². The van der Waals surface area contributed by atoms with E-state index in [1.165, 1.54) is 19.3 Å². The van der Waals surface area contributed by atoms with E-state index in [-0.39, 0.29) is 11.1 Å². The molecule has 1 heterocycles. The first-order valence-corrected chi connectivity index (χ1v) is 7.41. The summed E-state index contributed by atoms with van der Waals surface area (Å²) in [5.74, 6) is 0. The number of rotatable bonds is 2. The molecule has 1 saturated carbocycles. The smallest absolute Gasteiger partial charge is 0.0753 e. The molecule has 3 nitrogen and oxygen atoms in total. The summed E-state index contributed by atoms with van der Waals surface area (Å²) in [5, 5.41) is 3.75. The fourth-order valence-corrected chi connectivity index (χ4v) is 3.40. The Labute approximate surface area is 112 Å². The van der Waals surface area contributed by atoms with Gasteiger partial charge in [-0.2, -0.15) is 0 Å². The van der Waals surface area contributed by atoms with Gasteiger partial charge in [0.15, 0.2) is 0 Å². The van der Waals surface area contributed by atoms with Crippen molar-refractivity contribution in [2.45, 2.75) is 77.1 Å². The highest BCUT2D eigenvalue weighted by Crippen LogP contribution is 2.29. The van der Waals surface area contributed by atoms with E-state index in [0.29, 0.717) is 6.04 Å². The van der Waals surface area contributed by atoms with E-state index >= 15 is 0 Å². The Balaban J connectivity index is 1.85. The lowest BCUT2D eigenvalue weighted by molar-refractivity contribution is -0.0965. The van der Waals surface area contributed by atoms with Gasteiger partial charge in [-0.25, -0.2) is 0 Å². The standard InChI is InChI=1S/C15H30N2O/c1-14(2,3)16-12-6-7-13(10-12)17-8-9-18-15(4,5)11-17/h12-13,16H,6-11H2,1-5H3/t12-,13?/m1/s1. The van der Waals surface area contributed by atoms with Gasteiger partial charge in [0, 0.05) is 30.7 Å². The van der Waals surface area contributed by atoms with Crippen LogP contribution in [0.1, 0.15) is 53.9 Å². The molecule has 18 heavy (non-hydrogen) atoms. The molecule has 1 aliphatic carbocycles. The maximum atomic E-state index is 5.81. The van der Waals surface area contributed by atoms with Crippen molar-refractivity contribution in [3.05, 3.63) is 0 Å². The van der Waals surface area contributed by atoms with Crippen LogP contribution in [-0.2, 0) is 4.74 Å². The zero-order valence-electron chi connectivity index (χ0n) is 12.8. The average molecular weight is 254 g/mol. The third-order valence-corrected chi connectivity index (χ3v) is 4.01. The van der Waals surface area contributed by atoms with Crippen molar-refractivity contribution in [3.8, 4) is 0 Å². The summed E-state index contributed by atoms with van der Waals surface area (Å²) in [4.78, 5) is 2.65. The molecule has 0 radical (unpaired) electrons.